The first-order valence-corrected chi connectivity index (χ1v) is 11.2. The molecule has 0 spiro atoms. The van der Waals surface area contributed by atoms with Gasteiger partial charge in [0.15, 0.2) is 5.65 Å². The number of ether oxygens (including phenoxy) is 2. The molecule has 1 saturated carbocycles. The van der Waals surface area contributed by atoms with Gasteiger partial charge in [-0.15, -0.1) is 0 Å². The van der Waals surface area contributed by atoms with Crippen molar-refractivity contribution in [3.05, 3.63) is 66.0 Å². The van der Waals surface area contributed by atoms with Crippen LogP contribution in [0.25, 0.3) is 16.9 Å². The Morgan fingerprint density at radius 3 is 2.85 bits per heavy atom. The van der Waals surface area contributed by atoms with E-state index in [1.807, 2.05) is 36.4 Å². The summed E-state index contributed by atoms with van der Waals surface area (Å²) < 4.78 is 13.0. The number of pyridine rings is 1. The summed E-state index contributed by atoms with van der Waals surface area (Å²) in [6.45, 7) is 1.05. The molecule has 1 aromatic carbocycles. The predicted octanol–water partition coefficient (Wildman–Crippen LogP) is 3.56. The maximum absolute atomic E-state index is 13.1. The first-order chi connectivity index (χ1) is 16.6. The number of nitrogens with zero attached hydrogens (tertiary/aromatic N) is 4. The largest absolute Gasteiger partial charge is 0.493 e. The molecule has 0 aliphatic heterocycles. The quantitative estimate of drug-likeness (QED) is 0.395. The minimum Gasteiger partial charge on any atom is -0.493 e. The lowest BCUT2D eigenvalue weighted by molar-refractivity contribution is 0.0947. The Hall–Kier alpha value is -4.14. The molecular formula is C25H26N6O3. The molecule has 4 aromatic rings. The molecule has 1 aliphatic rings. The number of anilines is 1. The molecular weight excluding hydrogens is 432 g/mol. The number of hydrogen-bond donors (Lipinski definition) is 2. The van der Waals surface area contributed by atoms with E-state index in [-0.39, 0.29) is 11.8 Å². The van der Waals surface area contributed by atoms with Crippen molar-refractivity contribution in [1.82, 2.24) is 24.9 Å². The number of fused-ring (bicyclic) bond motifs is 1. The highest BCUT2D eigenvalue weighted by Crippen LogP contribution is 2.30. The van der Waals surface area contributed by atoms with Gasteiger partial charge in [-0.25, -0.2) is 14.5 Å². The molecule has 0 radical (unpaired) electrons. The van der Waals surface area contributed by atoms with E-state index >= 15 is 0 Å². The normalized spacial score (nSPS) is 13.0. The summed E-state index contributed by atoms with van der Waals surface area (Å²) in [5.41, 5.74) is 3.33. The van der Waals surface area contributed by atoms with Crippen LogP contribution in [-0.4, -0.2) is 46.3 Å². The molecule has 1 fully saturated rings. The zero-order valence-electron chi connectivity index (χ0n) is 19.1. The minimum atomic E-state index is -0.288. The fourth-order valence-corrected chi connectivity index (χ4v) is 3.63. The third kappa shape index (κ3) is 4.63. The molecule has 0 saturated heterocycles. The Bertz CT molecular complexity index is 1330. The summed E-state index contributed by atoms with van der Waals surface area (Å²) in [5.74, 6) is 2.14. The van der Waals surface area contributed by atoms with Gasteiger partial charge in [-0.3, -0.25) is 4.79 Å². The first-order valence-electron chi connectivity index (χ1n) is 11.2. The van der Waals surface area contributed by atoms with E-state index < -0.39 is 0 Å². The zero-order chi connectivity index (χ0) is 23.5. The van der Waals surface area contributed by atoms with Gasteiger partial charge in [-0.1, -0.05) is 18.2 Å². The van der Waals surface area contributed by atoms with E-state index in [2.05, 4.69) is 25.7 Å². The number of imidazole rings is 1. The molecule has 0 atom stereocenters. The van der Waals surface area contributed by atoms with E-state index in [0.29, 0.717) is 29.3 Å². The lowest BCUT2D eigenvalue weighted by Gasteiger charge is -2.13. The lowest BCUT2D eigenvalue weighted by Crippen LogP contribution is -2.24. The Morgan fingerprint density at radius 1 is 1.21 bits per heavy atom. The second-order valence-corrected chi connectivity index (χ2v) is 8.22. The van der Waals surface area contributed by atoms with Gasteiger partial charge < -0.3 is 20.1 Å². The smallest absolute Gasteiger partial charge is 0.257 e. The van der Waals surface area contributed by atoms with Gasteiger partial charge in [-0.2, -0.15) is 5.10 Å². The summed E-state index contributed by atoms with van der Waals surface area (Å²) in [7, 11) is 3.30. The second-order valence-electron chi connectivity index (χ2n) is 8.22. The molecule has 34 heavy (non-hydrogen) atoms. The summed E-state index contributed by atoms with van der Waals surface area (Å²) in [4.78, 5) is 21.9. The minimum absolute atomic E-state index is 0.251. The van der Waals surface area contributed by atoms with Gasteiger partial charge in [0.1, 0.15) is 17.1 Å². The fraction of sp³-hybridized carbons (Fsp3) is 0.280. The molecule has 2 N–H and O–H groups in total. The third-order valence-electron chi connectivity index (χ3n) is 5.74. The van der Waals surface area contributed by atoms with Gasteiger partial charge in [0.2, 0.25) is 5.88 Å². The second kappa shape index (κ2) is 9.38. The monoisotopic (exact) mass is 458 g/mol. The van der Waals surface area contributed by atoms with Crippen LogP contribution < -0.4 is 20.1 Å². The van der Waals surface area contributed by atoms with E-state index in [1.54, 1.807) is 30.0 Å². The highest BCUT2D eigenvalue weighted by Gasteiger charge is 2.22. The van der Waals surface area contributed by atoms with E-state index in [4.69, 9.17) is 9.47 Å². The topological polar surface area (TPSA) is 103 Å². The maximum atomic E-state index is 13.1. The average molecular weight is 459 g/mol. The molecule has 3 aromatic heterocycles. The van der Waals surface area contributed by atoms with Crippen LogP contribution in [0.5, 0.6) is 11.6 Å². The van der Waals surface area contributed by atoms with Crippen LogP contribution in [0.3, 0.4) is 0 Å². The molecule has 1 amide bonds. The molecule has 0 unspecified atom stereocenters. The molecule has 1 aliphatic carbocycles. The highest BCUT2D eigenvalue weighted by atomic mass is 16.5. The summed E-state index contributed by atoms with van der Waals surface area (Å²) >= 11 is 0. The molecule has 0 bridgehead atoms. The van der Waals surface area contributed by atoms with Crippen LogP contribution in [0.4, 0.5) is 5.82 Å². The number of para-hydroxylation sites is 1. The molecule has 174 valence electrons. The average Bonchev–Trinajstić information content (AvgIpc) is 3.62. The van der Waals surface area contributed by atoms with Crippen LogP contribution in [0.2, 0.25) is 0 Å². The van der Waals surface area contributed by atoms with Crippen LogP contribution in [0.15, 0.2) is 54.9 Å². The van der Waals surface area contributed by atoms with Crippen molar-refractivity contribution in [3.8, 4) is 22.9 Å². The number of methoxy groups -OCH3 is 1. The van der Waals surface area contributed by atoms with Crippen LogP contribution in [0, 0.1) is 5.92 Å². The Balaban J connectivity index is 1.36. The van der Waals surface area contributed by atoms with E-state index in [9.17, 15) is 4.79 Å². The Kier molecular flexibility index (Phi) is 5.99. The number of hydrogen-bond acceptors (Lipinski definition) is 7. The van der Waals surface area contributed by atoms with Crippen molar-refractivity contribution in [2.45, 2.75) is 19.4 Å². The molecule has 3 heterocycles. The van der Waals surface area contributed by atoms with Gasteiger partial charge in [0.05, 0.1) is 25.6 Å². The SMILES string of the molecule is CNc1cn2nc(-c3cnc(OC)c(C(=O)NCc4ccccc4OCC4CC4)c3)ccc2n1. The number of aromatic nitrogens is 4. The van der Waals surface area contributed by atoms with Crippen molar-refractivity contribution < 1.29 is 14.3 Å². The number of carbonyl (C=O) groups is 1. The lowest BCUT2D eigenvalue weighted by atomic mass is 10.1. The van der Waals surface area contributed by atoms with Gasteiger partial charge >= 0.3 is 0 Å². The van der Waals surface area contributed by atoms with Crippen molar-refractivity contribution >= 4 is 17.4 Å². The number of carbonyl (C=O) groups excluding carboxylic acids is 1. The van der Waals surface area contributed by atoms with Crippen LogP contribution in [-0.2, 0) is 6.54 Å². The summed E-state index contributed by atoms with van der Waals surface area (Å²) in [6.07, 6.45) is 5.88. The summed E-state index contributed by atoms with van der Waals surface area (Å²) in [6, 6.07) is 13.2. The van der Waals surface area contributed by atoms with E-state index in [0.717, 1.165) is 29.4 Å². The molecule has 5 rings (SSSR count). The van der Waals surface area contributed by atoms with Gasteiger partial charge in [0, 0.05) is 30.9 Å². The highest BCUT2D eigenvalue weighted by molar-refractivity contribution is 5.97. The summed E-state index contributed by atoms with van der Waals surface area (Å²) in [5, 5.41) is 10.6. The van der Waals surface area contributed by atoms with Crippen molar-refractivity contribution in [2.24, 2.45) is 5.92 Å². The molecule has 9 nitrogen and oxygen atoms in total. The van der Waals surface area contributed by atoms with Crippen molar-refractivity contribution in [1.29, 1.82) is 0 Å². The first kappa shape index (κ1) is 21.7. The predicted molar refractivity (Wildman–Crippen MR) is 128 cm³/mol. The fourth-order valence-electron chi connectivity index (χ4n) is 3.63. The maximum Gasteiger partial charge on any atom is 0.257 e. The third-order valence-corrected chi connectivity index (χ3v) is 5.74. The van der Waals surface area contributed by atoms with Crippen molar-refractivity contribution in [2.75, 3.05) is 26.1 Å². The number of benzene rings is 1. The van der Waals surface area contributed by atoms with Gasteiger partial charge in [-0.05, 0) is 43.0 Å². The zero-order valence-corrected chi connectivity index (χ0v) is 19.1. The number of nitrogens with one attached hydrogen (secondary N) is 2. The number of rotatable bonds is 9. The standard InChI is InChI=1S/C25H26N6O3/c1-26-22-14-31-23(29-22)10-9-20(30-31)18-11-19(25(33-2)28-13-18)24(32)27-12-17-5-3-4-6-21(17)34-15-16-7-8-16/h3-6,9-11,13-14,16,26H,7-8,12,15H2,1-2H3,(H,27,32). The number of amides is 1. The van der Waals surface area contributed by atoms with E-state index in [1.165, 1.54) is 20.0 Å². The van der Waals surface area contributed by atoms with Crippen LogP contribution in [0.1, 0.15) is 28.8 Å². The molecule has 9 heteroatoms. The Labute approximate surface area is 197 Å². The Morgan fingerprint density at radius 2 is 2.06 bits per heavy atom. The van der Waals surface area contributed by atoms with Crippen molar-refractivity contribution in [3.63, 3.8) is 0 Å². The van der Waals surface area contributed by atoms with Gasteiger partial charge in [0.25, 0.3) is 5.91 Å². The van der Waals surface area contributed by atoms with Crippen LogP contribution >= 0.6 is 0 Å².